The summed E-state index contributed by atoms with van der Waals surface area (Å²) in [7, 11) is 1.71. The van der Waals surface area contributed by atoms with Gasteiger partial charge in [0.25, 0.3) is 0 Å². The number of para-hydroxylation sites is 1. The molecule has 128 valence electrons. The smallest absolute Gasteiger partial charge is 0.128 e. The van der Waals surface area contributed by atoms with Crippen LogP contribution >= 0.6 is 0 Å². The molecule has 0 saturated carbocycles. The second-order valence-electron chi connectivity index (χ2n) is 6.76. The van der Waals surface area contributed by atoms with Crippen LogP contribution in [0, 0.1) is 5.92 Å². The fourth-order valence-corrected chi connectivity index (χ4v) is 3.39. The molecule has 3 rings (SSSR count). The summed E-state index contributed by atoms with van der Waals surface area (Å²) >= 11 is 0. The zero-order valence-electron chi connectivity index (χ0n) is 14.8. The second-order valence-corrected chi connectivity index (χ2v) is 6.76. The van der Waals surface area contributed by atoms with Crippen LogP contribution in [0.15, 0.2) is 48.5 Å². The van der Waals surface area contributed by atoms with Gasteiger partial charge in [0.05, 0.1) is 7.11 Å². The largest absolute Gasteiger partial charge is 0.497 e. The third-order valence-corrected chi connectivity index (χ3v) is 4.74. The maximum atomic E-state index is 6.58. The Bertz CT molecular complexity index is 662. The van der Waals surface area contributed by atoms with Gasteiger partial charge in [0, 0.05) is 12.5 Å². The van der Waals surface area contributed by atoms with Crippen LogP contribution in [0.25, 0.3) is 0 Å². The van der Waals surface area contributed by atoms with Gasteiger partial charge >= 0.3 is 0 Å². The maximum absolute atomic E-state index is 6.58. The van der Waals surface area contributed by atoms with Crippen molar-refractivity contribution in [2.75, 3.05) is 20.2 Å². The summed E-state index contributed by atoms with van der Waals surface area (Å²) in [6.45, 7) is 6.46. The summed E-state index contributed by atoms with van der Waals surface area (Å²) in [5, 5.41) is 3.46. The highest BCUT2D eigenvalue weighted by Crippen LogP contribution is 2.36. The molecule has 1 aliphatic heterocycles. The van der Waals surface area contributed by atoms with Crippen LogP contribution in [0.2, 0.25) is 0 Å². The molecule has 0 bridgehead atoms. The van der Waals surface area contributed by atoms with Crippen molar-refractivity contribution < 1.29 is 9.47 Å². The number of ether oxygens (including phenoxy) is 2. The Balaban J connectivity index is 1.93. The van der Waals surface area contributed by atoms with E-state index in [0.717, 1.165) is 31.0 Å². The van der Waals surface area contributed by atoms with E-state index in [1.807, 2.05) is 12.1 Å². The molecule has 2 atom stereocenters. The Morgan fingerprint density at radius 3 is 2.62 bits per heavy atom. The summed E-state index contributed by atoms with van der Waals surface area (Å²) < 4.78 is 12.0. The van der Waals surface area contributed by atoms with E-state index in [2.05, 4.69) is 55.6 Å². The molecule has 0 amide bonds. The zero-order valence-corrected chi connectivity index (χ0v) is 14.8. The SMILES string of the molecule is COc1cccc([C@H](Oc2ccccc2C(C)C)[C@H]2CCNC2)c1. The summed E-state index contributed by atoms with van der Waals surface area (Å²) in [5.74, 6) is 2.78. The third kappa shape index (κ3) is 3.73. The molecule has 0 unspecified atom stereocenters. The standard InChI is InChI=1S/C21H27NO2/c1-15(2)19-9-4-5-10-20(19)24-21(17-11-12-22-14-17)16-7-6-8-18(13-16)23-3/h4-10,13,15,17,21-22H,11-12,14H2,1-3H3/t17-,21-/m0/s1. The third-order valence-electron chi connectivity index (χ3n) is 4.74. The molecule has 0 aliphatic carbocycles. The molecule has 1 saturated heterocycles. The van der Waals surface area contributed by atoms with Crippen molar-refractivity contribution in [2.45, 2.75) is 32.3 Å². The van der Waals surface area contributed by atoms with Crippen molar-refractivity contribution in [3.8, 4) is 11.5 Å². The average molecular weight is 325 g/mol. The van der Waals surface area contributed by atoms with Crippen molar-refractivity contribution in [1.82, 2.24) is 5.32 Å². The van der Waals surface area contributed by atoms with Crippen molar-refractivity contribution in [2.24, 2.45) is 5.92 Å². The Hall–Kier alpha value is -2.00. The molecule has 1 fully saturated rings. The zero-order chi connectivity index (χ0) is 16.9. The van der Waals surface area contributed by atoms with Gasteiger partial charge in [-0.15, -0.1) is 0 Å². The average Bonchev–Trinajstić information content (AvgIpc) is 3.14. The molecule has 1 aliphatic rings. The fraction of sp³-hybridized carbons (Fsp3) is 0.429. The van der Waals surface area contributed by atoms with E-state index in [-0.39, 0.29) is 6.10 Å². The molecule has 0 aromatic heterocycles. The van der Waals surface area contributed by atoms with Crippen LogP contribution in [-0.4, -0.2) is 20.2 Å². The molecule has 24 heavy (non-hydrogen) atoms. The van der Waals surface area contributed by atoms with Crippen molar-refractivity contribution in [3.63, 3.8) is 0 Å². The lowest BCUT2D eigenvalue weighted by atomic mass is 9.94. The topological polar surface area (TPSA) is 30.5 Å². The predicted molar refractivity (Wildman–Crippen MR) is 97.9 cm³/mol. The molecule has 2 aromatic carbocycles. The molecule has 0 radical (unpaired) electrons. The van der Waals surface area contributed by atoms with Gasteiger partial charge < -0.3 is 14.8 Å². The van der Waals surface area contributed by atoms with Crippen molar-refractivity contribution >= 4 is 0 Å². The first-order valence-electron chi connectivity index (χ1n) is 8.79. The highest BCUT2D eigenvalue weighted by molar-refractivity contribution is 5.37. The van der Waals surface area contributed by atoms with E-state index in [0.29, 0.717) is 11.8 Å². The van der Waals surface area contributed by atoms with Gasteiger partial charge in [-0.2, -0.15) is 0 Å². The van der Waals surface area contributed by atoms with Gasteiger partial charge in [-0.3, -0.25) is 0 Å². The lowest BCUT2D eigenvalue weighted by molar-refractivity contribution is 0.142. The predicted octanol–water partition coefficient (Wildman–Crippen LogP) is 4.55. The van der Waals surface area contributed by atoms with Gasteiger partial charge in [-0.1, -0.05) is 44.2 Å². The van der Waals surface area contributed by atoms with Crippen LogP contribution in [0.5, 0.6) is 11.5 Å². The lowest BCUT2D eigenvalue weighted by Crippen LogP contribution is -2.22. The molecule has 3 nitrogen and oxygen atoms in total. The van der Waals surface area contributed by atoms with E-state index in [1.54, 1.807) is 7.11 Å². The van der Waals surface area contributed by atoms with Gasteiger partial charge in [0.1, 0.15) is 17.6 Å². The molecular weight excluding hydrogens is 298 g/mol. The highest BCUT2D eigenvalue weighted by Gasteiger charge is 2.29. The van der Waals surface area contributed by atoms with Crippen LogP contribution in [-0.2, 0) is 0 Å². The summed E-state index contributed by atoms with van der Waals surface area (Å²) in [5.41, 5.74) is 2.44. The summed E-state index contributed by atoms with van der Waals surface area (Å²) in [6.07, 6.45) is 1.17. The number of hydrogen-bond acceptors (Lipinski definition) is 3. The van der Waals surface area contributed by atoms with Crippen molar-refractivity contribution in [3.05, 3.63) is 59.7 Å². The van der Waals surface area contributed by atoms with Crippen LogP contribution < -0.4 is 14.8 Å². The Morgan fingerprint density at radius 1 is 1.08 bits per heavy atom. The minimum Gasteiger partial charge on any atom is -0.497 e. The second kappa shape index (κ2) is 7.71. The van der Waals surface area contributed by atoms with Gasteiger partial charge in [0.2, 0.25) is 0 Å². The van der Waals surface area contributed by atoms with Crippen LogP contribution in [0.1, 0.15) is 43.4 Å². The first-order chi connectivity index (χ1) is 11.7. The van der Waals surface area contributed by atoms with Crippen LogP contribution in [0.3, 0.4) is 0 Å². The highest BCUT2D eigenvalue weighted by atomic mass is 16.5. The molecule has 2 aromatic rings. The molecule has 1 N–H and O–H groups in total. The van der Waals surface area contributed by atoms with E-state index in [9.17, 15) is 0 Å². The number of methoxy groups -OCH3 is 1. The lowest BCUT2D eigenvalue weighted by Gasteiger charge is -2.27. The maximum Gasteiger partial charge on any atom is 0.128 e. The number of benzene rings is 2. The van der Waals surface area contributed by atoms with Crippen LogP contribution in [0.4, 0.5) is 0 Å². The molecule has 1 heterocycles. The Morgan fingerprint density at radius 2 is 1.92 bits per heavy atom. The van der Waals surface area contributed by atoms with Crippen molar-refractivity contribution in [1.29, 1.82) is 0 Å². The fourth-order valence-electron chi connectivity index (χ4n) is 3.39. The quantitative estimate of drug-likeness (QED) is 0.845. The normalized spacial score (nSPS) is 18.6. The van der Waals surface area contributed by atoms with E-state index in [4.69, 9.17) is 9.47 Å². The molecular formula is C21H27NO2. The monoisotopic (exact) mass is 325 g/mol. The molecule has 0 spiro atoms. The van der Waals surface area contributed by atoms with E-state index < -0.39 is 0 Å². The minimum absolute atomic E-state index is 0.0370. The Labute approximate surface area is 145 Å². The van der Waals surface area contributed by atoms with Gasteiger partial charge in [-0.05, 0) is 48.2 Å². The minimum atomic E-state index is 0.0370. The Kier molecular flexibility index (Phi) is 5.41. The number of hydrogen-bond donors (Lipinski definition) is 1. The van der Waals surface area contributed by atoms with Gasteiger partial charge in [-0.25, -0.2) is 0 Å². The summed E-state index contributed by atoms with van der Waals surface area (Å²) in [6, 6.07) is 16.7. The number of nitrogens with one attached hydrogen (secondary N) is 1. The van der Waals surface area contributed by atoms with Gasteiger partial charge in [0.15, 0.2) is 0 Å². The molecule has 3 heteroatoms. The first-order valence-corrected chi connectivity index (χ1v) is 8.79. The van der Waals surface area contributed by atoms with E-state index >= 15 is 0 Å². The first kappa shape index (κ1) is 16.8. The van der Waals surface area contributed by atoms with E-state index in [1.165, 1.54) is 11.1 Å². The summed E-state index contributed by atoms with van der Waals surface area (Å²) in [4.78, 5) is 0. The number of rotatable bonds is 6.